The molecule has 0 spiro atoms. The fourth-order valence-electron chi connectivity index (χ4n) is 3.67. The molecule has 2 aromatic rings. The average Bonchev–Trinajstić information content (AvgIpc) is 3.52. The van der Waals surface area contributed by atoms with Gasteiger partial charge < -0.3 is 10.6 Å². The minimum Gasteiger partial charge on any atom is -0.372 e. The number of halogens is 3. The highest BCUT2D eigenvalue weighted by molar-refractivity contribution is 7.72. The number of nitrogens with one attached hydrogen (secondary N) is 2. The van der Waals surface area contributed by atoms with Crippen molar-refractivity contribution in [1.82, 2.24) is 5.32 Å². The first-order valence-corrected chi connectivity index (χ1v) is 11.4. The standard InChI is InChI=1S/C22H25F3N2O3S/c1-3-14-10-16(6-9-20(14)26-12-31(29)30)13(2)27-21(28)19-11-18(19)15-4-7-17(8-5-15)22(23,24)25/h4-10,13,18-19,26,31H,3,11-12H2,1-2H3,(H,27,28)/t13-,18?,19?/m1/s1. The van der Waals surface area contributed by atoms with E-state index in [1.54, 1.807) is 6.07 Å². The van der Waals surface area contributed by atoms with Crippen LogP contribution in [0.25, 0.3) is 0 Å². The molecule has 2 N–H and O–H groups in total. The van der Waals surface area contributed by atoms with Gasteiger partial charge in [0.15, 0.2) is 10.7 Å². The van der Waals surface area contributed by atoms with E-state index < -0.39 is 22.4 Å². The number of anilines is 1. The van der Waals surface area contributed by atoms with Crippen LogP contribution in [0.1, 0.15) is 54.5 Å². The summed E-state index contributed by atoms with van der Waals surface area (Å²) in [6, 6.07) is 10.3. The third-order valence-electron chi connectivity index (χ3n) is 5.56. The van der Waals surface area contributed by atoms with E-state index in [9.17, 15) is 26.4 Å². The summed E-state index contributed by atoms with van der Waals surface area (Å²) in [6.07, 6.45) is -3.06. The number of carbonyl (C=O) groups is 1. The number of hydrogen-bond acceptors (Lipinski definition) is 4. The van der Waals surface area contributed by atoms with Crippen LogP contribution in [0.4, 0.5) is 18.9 Å². The van der Waals surface area contributed by atoms with Crippen molar-refractivity contribution in [3.8, 4) is 0 Å². The van der Waals surface area contributed by atoms with Crippen LogP contribution in [0.5, 0.6) is 0 Å². The van der Waals surface area contributed by atoms with Crippen molar-refractivity contribution in [3.05, 3.63) is 64.7 Å². The van der Waals surface area contributed by atoms with E-state index in [0.717, 1.165) is 34.5 Å². The maximum Gasteiger partial charge on any atom is 0.416 e. The molecule has 3 atom stereocenters. The van der Waals surface area contributed by atoms with Gasteiger partial charge in [-0.25, -0.2) is 8.42 Å². The molecular formula is C22H25F3N2O3S. The summed E-state index contributed by atoms with van der Waals surface area (Å²) < 4.78 is 59.7. The Bertz CT molecular complexity index is 1010. The molecule has 168 valence electrons. The summed E-state index contributed by atoms with van der Waals surface area (Å²) in [5.74, 6) is -0.581. The second kappa shape index (κ2) is 9.30. The molecule has 1 aliphatic carbocycles. The molecule has 31 heavy (non-hydrogen) atoms. The number of amides is 1. The molecule has 1 fully saturated rings. The van der Waals surface area contributed by atoms with Crippen LogP contribution in [-0.2, 0) is 28.1 Å². The van der Waals surface area contributed by atoms with Gasteiger partial charge >= 0.3 is 6.18 Å². The second-order valence-corrected chi connectivity index (χ2v) is 8.72. The third-order valence-corrected chi connectivity index (χ3v) is 5.98. The Morgan fingerprint density at radius 2 is 1.84 bits per heavy atom. The molecule has 1 aliphatic rings. The number of thiol groups is 1. The molecule has 2 aromatic carbocycles. The van der Waals surface area contributed by atoms with Gasteiger partial charge in [0.25, 0.3) is 0 Å². The van der Waals surface area contributed by atoms with Crippen molar-refractivity contribution in [2.24, 2.45) is 5.92 Å². The van der Waals surface area contributed by atoms with Gasteiger partial charge in [0.05, 0.1) is 11.6 Å². The highest BCUT2D eigenvalue weighted by Crippen LogP contribution is 2.48. The van der Waals surface area contributed by atoms with Gasteiger partial charge in [-0.05, 0) is 60.6 Å². The number of carbonyl (C=O) groups excluding carboxylic acids is 1. The van der Waals surface area contributed by atoms with Crippen LogP contribution >= 0.6 is 0 Å². The van der Waals surface area contributed by atoms with E-state index in [-0.39, 0.29) is 29.7 Å². The Kier molecular flexibility index (Phi) is 6.93. The zero-order valence-electron chi connectivity index (χ0n) is 17.2. The first-order valence-electron chi connectivity index (χ1n) is 10.1. The van der Waals surface area contributed by atoms with Crippen molar-refractivity contribution < 1.29 is 26.4 Å². The second-order valence-electron chi connectivity index (χ2n) is 7.74. The Labute approximate surface area is 181 Å². The largest absolute Gasteiger partial charge is 0.416 e. The molecule has 0 bridgehead atoms. The number of rotatable bonds is 8. The summed E-state index contributed by atoms with van der Waals surface area (Å²) in [5, 5.41) is 5.86. The molecular weight excluding hydrogens is 429 g/mol. The molecule has 0 saturated heterocycles. The molecule has 5 nitrogen and oxygen atoms in total. The van der Waals surface area contributed by atoms with Crippen molar-refractivity contribution >= 4 is 22.3 Å². The van der Waals surface area contributed by atoms with Crippen LogP contribution in [0.3, 0.4) is 0 Å². The Balaban J connectivity index is 1.61. The van der Waals surface area contributed by atoms with Gasteiger partial charge in [-0.3, -0.25) is 4.79 Å². The third kappa shape index (κ3) is 5.78. The molecule has 0 aromatic heterocycles. The summed E-state index contributed by atoms with van der Waals surface area (Å²) in [7, 11) is -2.53. The first-order chi connectivity index (χ1) is 14.6. The highest BCUT2D eigenvalue weighted by atomic mass is 32.2. The van der Waals surface area contributed by atoms with E-state index in [1.807, 2.05) is 26.0 Å². The minimum absolute atomic E-state index is 0.0682. The summed E-state index contributed by atoms with van der Waals surface area (Å²) >= 11 is 0. The van der Waals surface area contributed by atoms with Crippen LogP contribution in [0.15, 0.2) is 42.5 Å². The van der Waals surface area contributed by atoms with Crippen LogP contribution < -0.4 is 10.6 Å². The molecule has 1 amide bonds. The summed E-state index contributed by atoms with van der Waals surface area (Å²) in [6.45, 7) is 3.83. The quantitative estimate of drug-likeness (QED) is 0.522. The van der Waals surface area contributed by atoms with Crippen molar-refractivity contribution in [3.63, 3.8) is 0 Å². The van der Waals surface area contributed by atoms with E-state index in [0.29, 0.717) is 12.8 Å². The van der Waals surface area contributed by atoms with Crippen LogP contribution in [0, 0.1) is 5.92 Å². The molecule has 9 heteroatoms. The predicted octanol–water partition coefficient (Wildman–Crippen LogP) is 4.23. The lowest BCUT2D eigenvalue weighted by molar-refractivity contribution is -0.137. The van der Waals surface area contributed by atoms with E-state index in [1.165, 1.54) is 12.1 Å². The van der Waals surface area contributed by atoms with Crippen molar-refractivity contribution in [2.75, 3.05) is 11.2 Å². The van der Waals surface area contributed by atoms with Gasteiger partial charge in [0.1, 0.15) is 5.88 Å². The van der Waals surface area contributed by atoms with E-state index in [4.69, 9.17) is 0 Å². The van der Waals surface area contributed by atoms with Crippen molar-refractivity contribution in [1.29, 1.82) is 0 Å². The Morgan fingerprint density at radius 1 is 1.16 bits per heavy atom. The Hall–Kier alpha value is -2.55. The Morgan fingerprint density at radius 3 is 2.42 bits per heavy atom. The number of aryl methyl sites for hydroxylation is 1. The normalized spacial score (nSPS) is 19.2. The fraction of sp³-hybridized carbons (Fsp3) is 0.409. The monoisotopic (exact) mass is 454 g/mol. The van der Waals surface area contributed by atoms with Gasteiger partial charge in [0, 0.05) is 11.6 Å². The lowest BCUT2D eigenvalue weighted by Crippen LogP contribution is -2.28. The molecule has 3 rings (SSSR count). The summed E-state index contributed by atoms with van der Waals surface area (Å²) in [4.78, 5) is 12.6. The van der Waals surface area contributed by atoms with Gasteiger partial charge in [0.2, 0.25) is 5.91 Å². The lowest BCUT2D eigenvalue weighted by atomic mass is 10.0. The SMILES string of the molecule is CCc1cc([C@@H](C)NC(=O)C2CC2c2ccc(C(F)(F)F)cc2)ccc1NC[SH](=O)=O. The first kappa shape index (κ1) is 23.1. The number of benzene rings is 2. The molecule has 1 saturated carbocycles. The highest BCUT2D eigenvalue weighted by Gasteiger charge is 2.44. The molecule has 2 unspecified atom stereocenters. The topological polar surface area (TPSA) is 75.3 Å². The van der Waals surface area contributed by atoms with Gasteiger partial charge in [-0.2, -0.15) is 13.2 Å². The van der Waals surface area contributed by atoms with Gasteiger partial charge in [-0.1, -0.05) is 31.2 Å². The smallest absolute Gasteiger partial charge is 0.372 e. The molecule has 0 radical (unpaired) electrons. The summed E-state index contributed by atoms with van der Waals surface area (Å²) in [5.41, 5.74) is 2.63. The van der Waals surface area contributed by atoms with Crippen molar-refractivity contribution in [2.45, 2.75) is 44.8 Å². The number of hydrogen-bond donors (Lipinski definition) is 3. The molecule has 0 aliphatic heterocycles. The van der Waals surface area contributed by atoms with Gasteiger partial charge in [-0.15, -0.1) is 0 Å². The van der Waals surface area contributed by atoms with Crippen LogP contribution in [-0.4, -0.2) is 20.2 Å². The maximum absolute atomic E-state index is 12.7. The lowest BCUT2D eigenvalue weighted by Gasteiger charge is -2.17. The van der Waals surface area contributed by atoms with E-state index >= 15 is 0 Å². The molecule has 0 heterocycles. The number of alkyl halides is 3. The maximum atomic E-state index is 12.7. The average molecular weight is 455 g/mol. The van der Waals surface area contributed by atoms with E-state index in [2.05, 4.69) is 10.6 Å². The zero-order valence-corrected chi connectivity index (χ0v) is 18.1. The van der Waals surface area contributed by atoms with Crippen LogP contribution in [0.2, 0.25) is 0 Å². The zero-order chi connectivity index (χ0) is 22.8. The predicted molar refractivity (Wildman–Crippen MR) is 113 cm³/mol. The fourth-order valence-corrected chi connectivity index (χ4v) is 3.97. The minimum atomic E-state index is -4.37.